The van der Waals surface area contributed by atoms with Crippen LogP contribution >= 0.6 is 119 Å². The third-order valence-electron chi connectivity index (χ3n) is 18.1. The molecule has 0 radical (unpaired) electrons. The number of benzene rings is 7. The van der Waals surface area contributed by atoms with Crippen molar-refractivity contribution in [1.82, 2.24) is 10.6 Å². The van der Waals surface area contributed by atoms with Crippen LogP contribution in [-0.4, -0.2) is 288 Å². The Labute approximate surface area is 979 Å². The number of amides is 2. The quantitative estimate of drug-likeness (QED) is 0.00469. The molecule has 0 spiro atoms. The second kappa shape index (κ2) is 80.5. The zero-order valence-electron chi connectivity index (χ0n) is 78.1. The molecule has 8 rings (SSSR count). The number of para-hydroxylation sites is 1. The SMILES string of the molecule is C.C.CC(CSc1ccc[c-]c1[N+](=O)[O-])C(O)CS.CC1CSSCC1Oc1ccc([N+](=O)[O-])cc1C(=O)O.CCC(O)C(CS)Oc1ccc([N+](=O)[O-])cc1C(=O)O.CCC(O)C(O)CSc1ccc([N+](=O)[O-])cc1C(=O)O.CCCNC(=O)c1cc(C(=O)NCC)cc([N+](=O)[O-])c1.O=C(O)c1cccc([N+](=O)[O-])c1SCC(O)C(O)CS.O=C([O-])c1ccc(SCC(O)C(O)CS)c([N+](=O)[O-])c1.O=C=O.O=S(=O)=O.[K+].[K+]. The minimum atomic E-state index is -3.11. The van der Waals surface area contributed by atoms with Crippen molar-refractivity contribution in [3.63, 3.8) is 0 Å². The second-order valence-corrected chi connectivity index (χ2v) is 37.0. The van der Waals surface area contributed by atoms with E-state index in [2.05, 4.69) is 67.2 Å². The Hall–Kier alpha value is -8.32. The van der Waals surface area contributed by atoms with Crippen molar-refractivity contribution in [3.05, 3.63) is 243 Å². The van der Waals surface area contributed by atoms with Crippen molar-refractivity contribution >= 4 is 217 Å². The van der Waals surface area contributed by atoms with E-state index < -0.39 is 142 Å². The number of hydrogen-bond donors (Lipinski definition) is 18. The Morgan fingerprint density at radius 3 is 1.32 bits per heavy atom. The molecule has 7 aromatic rings. The van der Waals surface area contributed by atoms with Gasteiger partial charge in [0.25, 0.3) is 45.9 Å². The number of carboxylic acids is 5. The summed E-state index contributed by atoms with van der Waals surface area (Å²) in [6, 6.07) is 28.7. The maximum Gasteiger partial charge on any atom is 1.00 e. The van der Waals surface area contributed by atoms with Gasteiger partial charge in [0.1, 0.15) is 34.8 Å². The van der Waals surface area contributed by atoms with E-state index in [1.165, 1.54) is 84.6 Å². The summed E-state index contributed by atoms with van der Waals surface area (Å²) < 4.78 is 36.5. The predicted octanol–water partition coefficient (Wildman–Crippen LogP) is 4.66. The summed E-state index contributed by atoms with van der Waals surface area (Å²) >= 11 is 19.9. The molecular weight excluding hydrogens is 2230 g/mol. The summed E-state index contributed by atoms with van der Waals surface area (Å²) in [5.41, 5.74) is -2.91. The summed E-state index contributed by atoms with van der Waals surface area (Å²) in [7, 11) is 0.338. The fraction of sp³-hybridized carbons (Fsp3) is 0.412. The molecule has 1 heterocycles. The van der Waals surface area contributed by atoms with Crippen LogP contribution < -0.4 is 128 Å². The Morgan fingerprint density at radius 2 is 0.899 bits per heavy atom. The number of nitrogens with zero attached hydrogens (tertiary/aromatic N) is 7. The van der Waals surface area contributed by atoms with Gasteiger partial charge in [0.15, 0.2) is 5.69 Å². The fourth-order valence-corrected chi connectivity index (χ4v) is 18.5. The molecule has 12 atom stereocenters. The third-order valence-corrected chi connectivity index (χ3v) is 27.1. The van der Waals surface area contributed by atoms with Gasteiger partial charge in [-0.3, -0.25) is 80.4 Å². The summed E-state index contributed by atoms with van der Waals surface area (Å²) in [5.74, 6) is -3.98. The standard InChI is InChI=1S/C13H17N3O4.2C12H15NO6S.C12H13NO5S2.2C11H13NO6S2.C11H14NO3S2.CO2.2CH4.2K.O3S/c1-3-5-15-13(18)10-6-9(12(17)14-4-2)7-11(8-10)16(19)20;1-2-9(14)10(15)6-20-11-4-3-7(13(18)19)5-8(11)12(16)17;1-2-9(14)11(6-20)19-10-4-3-7(13(17)18)5-8(10)12(15)16;1-7-5-19-20-6-11(7)18-10-3-2-8(13(16)17)4-9(10)12(14)15;13-8(4-19)9(14)5-20-10-2-1-6(11(15)16)3-7(10)12(17)18;13-8(4-19)9(14)5-20-10-6(11(15)16)2-1-3-7(10)12(17)18;1-8(10(13)6-16)7-17-11-5-3-2-4-9(11)12(14)15;2-1-3;;;;;1-4(2)3/h6-8H,3-5H2,1-2H3,(H,14,17)(H,15,18);3-5,9-10,14-15H,2,6H2,1H3,(H,16,17);3-5,9,11,14,20H,2,6H2,1H3,(H,15,16);2-4,7,11H,5-6H2,1H3,(H,14,15);2*1-3,8-9,13-14,19H,4-5H2,(H,15,16);2-3,5,8,10,13,16H,6-7H2,1H3;;2*1H4;;;/q;;;;;;-1;;;;2*+1;/p-1. The molecule has 2 amide bonds. The van der Waals surface area contributed by atoms with Gasteiger partial charge in [-0.1, -0.05) is 89.3 Å². The number of thioether (sulfide) groups is 4. The molecule has 0 aromatic heterocycles. The number of nitro benzene ring substituents is 7. The van der Waals surface area contributed by atoms with Gasteiger partial charge < -0.3 is 91.3 Å². The molecule has 1 aliphatic rings. The number of carboxylic acid groups (broad SMARTS) is 5. The Bertz CT molecular complexity index is 5410. The Balaban J connectivity index is -0.000000529. The molecule has 50 nitrogen and oxygen atoms in total. The maximum absolute atomic E-state index is 11.8. The Morgan fingerprint density at radius 1 is 0.473 bits per heavy atom. The number of carbonyl (C=O) groups excluding carboxylic acids is 5. The van der Waals surface area contributed by atoms with Crippen molar-refractivity contribution in [3.8, 4) is 11.5 Å². The summed E-state index contributed by atoms with van der Waals surface area (Å²) in [4.78, 5) is 167. The number of carbonyl (C=O) groups is 7. The van der Waals surface area contributed by atoms with Gasteiger partial charge in [-0.05, 0) is 79.2 Å². The van der Waals surface area contributed by atoms with E-state index in [-0.39, 0.29) is 270 Å². The zero-order chi connectivity index (χ0) is 110. The van der Waals surface area contributed by atoms with Gasteiger partial charge in [0, 0.05) is 158 Å². The molecule has 1 saturated heterocycles. The molecule has 63 heteroatoms. The van der Waals surface area contributed by atoms with Crippen molar-refractivity contribution < 1.29 is 269 Å². The van der Waals surface area contributed by atoms with E-state index in [1.807, 2.05) is 20.8 Å². The monoisotopic (exact) mass is 2340 g/mol. The number of nitro groups is 7. The second-order valence-electron chi connectivity index (χ2n) is 28.4. The Kier molecular flexibility index (Phi) is 80.6. The van der Waals surface area contributed by atoms with Crippen LogP contribution in [0.2, 0.25) is 0 Å². The molecule has 0 bridgehead atoms. The van der Waals surface area contributed by atoms with Crippen LogP contribution in [0.1, 0.15) is 148 Å². The van der Waals surface area contributed by atoms with E-state index in [9.17, 15) is 150 Å². The van der Waals surface area contributed by atoms with Crippen molar-refractivity contribution in [2.45, 2.75) is 156 Å². The minimum Gasteiger partial charge on any atom is -0.545 e. The fourth-order valence-electron chi connectivity index (χ4n) is 10.3. The smallest absolute Gasteiger partial charge is 0.545 e. The number of aromatic carboxylic acids is 5. The van der Waals surface area contributed by atoms with Gasteiger partial charge >= 0.3 is 143 Å². The van der Waals surface area contributed by atoms with Crippen LogP contribution in [0.4, 0.5) is 39.8 Å². The summed E-state index contributed by atoms with van der Waals surface area (Å²) in [6.07, 6.45) is -6.48. The molecule has 1 aliphatic heterocycles. The average molecular weight is 2340 g/mol. The molecule has 148 heavy (non-hydrogen) atoms. The first-order valence-electron chi connectivity index (χ1n) is 41.0. The first kappa shape index (κ1) is 148. The van der Waals surface area contributed by atoms with Gasteiger partial charge in [-0.2, -0.15) is 90.1 Å². The largest absolute Gasteiger partial charge is 1.00 e. The van der Waals surface area contributed by atoms with E-state index in [0.717, 1.165) is 95.7 Å². The number of ether oxygens (including phenoxy) is 2. The van der Waals surface area contributed by atoms with Crippen molar-refractivity contribution in [2.24, 2.45) is 11.8 Å². The van der Waals surface area contributed by atoms with Gasteiger partial charge in [0.2, 0.25) is 0 Å². The van der Waals surface area contributed by atoms with E-state index in [0.29, 0.717) is 53.1 Å². The van der Waals surface area contributed by atoms with Gasteiger partial charge in [-0.15, -0.1) is 47.9 Å². The maximum atomic E-state index is 11.8. The molecule has 0 saturated carbocycles. The molecule has 14 N–H and O–H groups in total. The molecule has 1 fully saturated rings. The van der Waals surface area contributed by atoms with Gasteiger partial charge in [-0.25, -0.2) is 19.2 Å². The number of aliphatic hydroxyl groups is 8. The summed E-state index contributed by atoms with van der Waals surface area (Å²) in [6.45, 7) is 11.9. The normalized spacial score (nSPS) is 13.6. The van der Waals surface area contributed by atoms with Crippen LogP contribution in [0.5, 0.6) is 11.5 Å². The van der Waals surface area contributed by atoms with Crippen LogP contribution in [0, 0.1) is 88.7 Å². The van der Waals surface area contributed by atoms with Crippen molar-refractivity contribution in [1.29, 1.82) is 0 Å². The first-order chi connectivity index (χ1) is 67.7. The zero-order valence-corrected chi connectivity index (χ0v) is 93.7. The van der Waals surface area contributed by atoms with Gasteiger partial charge in [0.05, 0.1) is 105 Å². The number of hydrogen-bond acceptors (Lipinski definition) is 47. The molecule has 12 unspecified atom stereocenters. The molecular formula is C85H107K2N9O41S11. The molecule has 7 aromatic carbocycles. The number of aliphatic hydroxyl groups excluding tert-OH is 8. The third kappa shape index (κ3) is 55.8. The average Bonchev–Trinajstić information content (AvgIpc) is 0.864. The van der Waals surface area contributed by atoms with Crippen LogP contribution in [-0.2, 0) is 20.2 Å². The first-order valence-corrected chi connectivity index (χ1v) is 51.0. The van der Waals surface area contributed by atoms with Crippen LogP contribution in [0.25, 0.3) is 0 Å². The molecule has 806 valence electrons. The van der Waals surface area contributed by atoms with E-state index in [4.69, 9.17) is 52.1 Å². The number of rotatable bonds is 44. The van der Waals surface area contributed by atoms with Crippen LogP contribution in [0.15, 0.2) is 147 Å². The number of thiol groups is 4. The van der Waals surface area contributed by atoms with Crippen molar-refractivity contribution in [2.75, 3.05) is 70.6 Å². The summed E-state index contributed by atoms with van der Waals surface area (Å²) in [5, 5.41) is 204. The number of nitrogens with one attached hydrogen (secondary N) is 2. The minimum absolute atomic E-state index is 0. The van der Waals surface area contributed by atoms with E-state index >= 15 is 0 Å². The topological polar surface area (TPSA) is 815 Å². The number of non-ortho nitro benzene ring substituents is 4. The molecule has 0 aliphatic carbocycles. The van der Waals surface area contributed by atoms with Crippen LogP contribution in [0.3, 0.4) is 0 Å². The predicted molar refractivity (Wildman–Crippen MR) is 550 cm³/mol. The van der Waals surface area contributed by atoms with E-state index in [1.54, 1.807) is 54.5 Å².